The molecule has 5 rings (SSSR count). The molecule has 1 aromatic heterocycles. The molecule has 7 heteroatoms. The molecule has 1 aliphatic heterocycles. The van der Waals surface area contributed by atoms with Crippen LogP contribution in [-0.4, -0.2) is 28.9 Å². The molecule has 0 saturated carbocycles. The lowest BCUT2D eigenvalue weighted by Crippen LogP contribution is -2.18. The highest BCUT2D eigenvalue weighted by molar-refractivity contribution is 6.06. The summed E-state index contributed by atoms with van der Waals surface area (Å²) in [5, 5.41) is 3.74. The number of hydrogen-bond acceptors (Lipinski definition) is 3. The summed E-state index contributed by atoms with van der Waals surface area (Å²) >= 11 is 0. The van der Waals surface area contributed by atoms with E-state index in [9.17, 15) is 18.0 Å². The number of halogens is 3. The minimum absolute atomic E-state index is 0.0535. The topological polar surface area (TPSA) is 45.2 Å². The van der Waals surface area contributed by atoms with Crippen LogP contribution in [0.15, 0.2) is 60.8 Å². The highest BCUT2D eigenvalue weighted by atomic mass is 19.1. The van der Waals surface area contributed by atoms with Crippen molar-refractivity contribution < 1.29 is 18.0 Å². The molecule has 0 aliphatic carbocycles. The summed E-state index contributed by atoms with van der Waals surface area (Å²) in [5.74, 6) is -2.94. The first-order chi connectivity index (χ1) is 16.9. The van der Waals surface area contributed by atoms with Crippen LogP contribution in [0.3, 0.4) is 0 Å². The monoisotopic (exact) mass is 475 g/mol. The highest BCUT2D eigenvalue weighted by Gasteiger charge is 2.17. The van der Waals surface area contributed by atoms with E-state index >= 15 is 0 Å². The number of benzene rings is 3. The number of amides is 1. The number of nitrogens with one attached hydrogen (secondary N) is 1. The van der Waals surface area contributed by atoms with Gasteiger partial charge in [0.15, 0.2) is 0 Å². The van der Waals surface area contributed by atoms with Gasteiger partial charge in [0.25, 0.3) is 5.91 Å². The normalized spacial score (nSPS) is 13.9. The van der Waals surface area contributed by atoms with Crippen LogP contribution in [0.4, 0.5) is 18.9 Å². The average molecular weight is 476 g/mol. The quantitative estimate of drug-likeness (QED) is 0.360. The first-order valence-corrected chi connectivity index (χ1v) is 11.6. The number of carbonyl (C=O) groups excluding carboxylic acids is 1. The number of rotatable bonds is 5. The van der Waals surface area contributed by atoms with Crippen molar-refractivity contribution in [3.05, 3.63) is 94.9 Å². The largest absolute Gasteiger partial charge is 0.322 e. The molecule has 1 N–H and O–H groups in total. The fraction of sp³-hybridized carbons (Fsp3) is 0.214. The Labute approximate surface area is 201 Å². The average Bonchev–Trinajstić information content (AvgIpc) is 3.34. The Morgan fingerprint density at radius 1 is 0.971 bits per heavy atom. The fourth-order valence-electron chi connectivity index (χ4n) is 4.59. The zero-order chi connectivity index (χ0) is 24.5. The van der Waals surface area contributed by atoms with Crippen molar-refractivity contribution in [2.75, 3.05) is 18.4 Å². The molecule has 3 aromatic carbocycles. The van der Waals surface area contributed by atoms with E-state index in [4.69, 9.17) is 0 Å². The summed E-state index contributed by atoms with van der Waals surface area (Å²) in [7, 11) is 0. The first-order valence-electron chi connectivity index (χ1n) is 11.6. The molecule has 0 bridgehead atoms. The third kappa shape index (κ3) is 4.77. The smallest absolute Gasteiger partial charge is 0.258 e. The summed E-state index contributed by atoms with van der Waals surface area (Å²) in [6.07, 6.45) is 4.33. The number of aryl methyl sites for hydroxylation is 1. The summed E-state index contributed by atoms with van der Waals surface area (Å²) in [6.45, 7) is 4.95. The minimum atomic E-state index is -0.801. The summed E-state index contributed by atoms with van der Waals surface area (Å²) in [4.78, 5) is 19.9. The number of fused-ring (bicyclic) bond motifs is 1. The number of pyridine rings is 1. The maximum Gasteiger partial charge on any atom is 0.258 e. The Morgan fingerprint density at radius 2 is 1.77 bits per heavy atom. The molecule has 0 atom stereocenters. The van der Waals surface area contributed by atoms with Crippen molar-refractivity contribution in [2.45, 2.75) is 26.3 Å². The van der Waals surface area contributed by atoms with Gasteiger partial charge >= 0.3 is 0 Å². The minimum Gasteiger partial charge on any atom is -0.322 e. The van der Waals surface area contributed by atoms with E-state index in [-0.39, 0.29) is 16.7 Å². The second-order valence-corrected chi connectivity index (χ2v) is 8.91. The van der Waals surface area contributed by atoms with E-state index in [2.05, 4.69) is 21.3 Å². The number of likely N-dealkylation sites (tertiary alicyclic amines) is 1. The molecular weight excluding hydrogens is 451 g/mol. The number of anilines is 1. The van der Waals surface area contributed by atoms with E-state index in [1.165, 1.54) is 31.0 Å². The fourth-order valence-corrected chi connectivity index (χ4v) is 4.59. The van der Waals surface area contributed by atoms with Gasteiger partial charge in [-0.05, 0) is 85.9 Å². The molecule has 4 nitrogen and oxygen atoms in total. The van der Waals surface area contributed by atoms with Crippen LogP contribution in [-0.2, 0) is 6.54 Å². The summed E-state index contributed by atoms with van der Waals surface area (Å²) < 4.78 is 42.0. The lowest BCUT2D eigenvalue weighted by atomic mass is 10.0. The van der Waals surface area contributed by atoms with Crippen molar-refractivity contribution >= 4 is 22.5 Å². The third-order valence-electron chi connectivity index (χ3n) is 6.47. The van der Waals surface area contributed by atoms with Crippen LogP contribution in [0.2, 0.25) is 0 Å². The second-order valence-electron chi connectivity index (χ2n) is 8.91. The van der Waals surface area contributed by atoms with Gasteiger partial charge in [-0.15, -0.1) is 0 Å². The molecule has 0 radical (unpaired) electrons. The summed E-state index contributed by atoms with van der Waals surface area (Å²) in [6, 6.07) is 12.7. The first kappa shape index (κ1) is 23.1. The Balaban J connectivity index is 1.36. The number of aromatic nitrogens is 1. The Kier molecular flexibility index (Phi) is 6.26. The zero-order valence-electron chi connectivity index (χ0n) is 19.2. The zero-order valence-corrected chi connectivity index (χ0v) is 19.2. The highest BCUT2D eigenvalue weighted by Crippen LogP contribution is 2.28. The van der Waals surface area contributed by atoms with Gasteiger partial charge in [0, 0.05) is 35.4 Å². The van der Waals surface area contributed by atoms with Crippen LogP contribution in [0.5, 0.6) is 0 Å². The van der Waals surface area contributed by atoms with Crippen LogP contribution >= 0.6 is 0 Å². The predicted octanol–water partition coefficient (Wildman–Crippen LogP) is 6.48. The van der Waals surface area contributed by atoms with Gasteiger partial charge in [0.1, 0.15) is 17.5 Å². The van der Waals surface area contributed by atoms with Gasteiger partial charge in [-0.1, -0.05) is 12.1 Å². The maximum absolute atomic E-state index is 14.8. The summed E-state index contributed by atoms with van der Waals surface area (Å²) in [5.41, 5.74) is 3.34. The van der Waals surface area contributed by atoms with Gasteiger partial charge in [0.2, 0.25) is 0 Å². The van der Waals surface area contributed by atoms with E-state index in [1.807, 2.05) is 19.2 Å². The van der Waals surface area contributed by atoms with Crippen molar-refractivity contribution in [3.8, 4) is 11.1 Å². The Morgan fingerprint density at radius 3 is 2.51 bits per heavy atom. The predicted molar refractivity (Wildman–Crippen MR) is 131 cm³/mol. The van der Waals surface area contributed by atoms with E-state index in [0.717, 1.165) is 59.9 Å². The van der Waals surface area contributed by atoms with Gasteiger partial charge in [0.05, 0.1) is 11.1 Å². The van der Waals surface area contributed by atoms with Crippen LogP contribution in [0.25, 0.3) is 22.0 Å². The molecule has 1 fully saturated rings. The molecule has 4 aromatic rings. The van der Waals surface area contributed by atoms with E-state index in [1.54, 1.807) is 6.07 Å². The van der Waals surface area contributed by atoms with Crippen molar-refractivity contribution in [1.29, 1.82) is 0 Å². The van der Waals surface area contributed by atoms with Gasteiger partial charge in [-0.2, -0.15) is 0 Å². The van der Waals surface area contributed by atoms with Crippen molar-refractivity contribution in [2.24, 2.45) is 0 Å². The SMILES string of the molecule is Cc1c(NC(=O)c2ccc(-c3ccc(F)cc3F)cc2F)ccc2cc(CN3CCCC3)cnc12. The van der Waals surface area contributed by atoms with E-state index in [0.29, 0.717) is 5.69 Å². The second kappa shape index (κ2) is 9.50. The van der Waals surface area contributed by atoms with E-state index < -0.39 is 23.4 Å². The van der Waals surface area contributed by atoms with Crippen molar-refractivity contribution in [3.63, 3.8) is 0 Å². The molecule has 1 saturated heterocycles. The van der Waals surface area contributed by atoms with Crippen LogP contribution < -0.4 is 5.32 Å². The van der Waals surface area contributed by atoms with Crippen LogP contribution in [0.1, 0.15) is 34.3 Å². The number of carbonyl (C=O) groups is 1. The standard InChI is InChI=1S/C28H24F3N3O/c1-17-26(9-5-20-12-18(15-32-27(17)20)16-34-10-2-3-11-34)33-28(35)23-7-4-19(13-24(23)30)22-8-6-21(29)14-25(22)31/h4-9,12-15H,2-3,10-11,16H2,1H3,(H,33,35). The number of hydrogen-bond donors (Lipinski definition) is 1. The molecule has 2 heterocycles. The molecule has 1 aliphatic rings. The molecule has 1 amide bonds. The maximum atomic E-state index is 14.8. The molecule has 178 valence electrons. The van der Waals surface area contributed by atoms with Gasteiger partial charge in [-0.25, -0.2) is 13.2 Å². The number of nitrogens with zero attached hydrogens (tertiary/aromatic N) is 2. The van der Waals surface area contributed by atoms with Crippen molar-refractivity contribution in [1.82, 2.24) is 9.88 Å². The lowest BCUT2D eigenvalue weighted by Gasteiger charge is -2.16. The Bertz CT molecular complexity index is 1430. The van der Waals surface area contributed by atoms with Gasteiger partial charge in [-0.3, -0.25) is 14.7 Å². The van der Waals surface area contributed by atoms with Gasteiger partial charge < -0.3 is 5.32 Å². The lowest BCUT2D eigenvalue weighted by molar-refractivity contribution is 0.102. The molecular formula is C28H24F3N3O. The van der Waals surface area contributed by atoms with Crippen LogP contribution in [0, 0.1) is 24.4 Å². The molecule has 0 unspecified atom stereocenters. The third-order valence-corrected chi connectivity index (χ3v) is 6.47. The Hall–Kier alpha value is -3.71. The molecule has 35 heavy (non-hydrogen) atoms. The molecule has 0 spiro atoms.